The van der Waals surface area contributed by atoms with Crippen LogP contribution in [0, 0.1) is 0 Å². The Morgan fingerprint density at radius 2 is 2.04 bits per heavy atom. The summed E-state index contributed by atoms with van der Waals surface area (Å²) in [4.78, 5) is 27.9. The van der Waals surface area contributed by atoms with Gasteiger partial charge in [-0.15, -0.1) is 11.8 Å². The standard InChI is InChI=1S/C19H24N2O2S/c1-6-13(7-2)18(23)21-10-11-24-16-9-8-14(12-15(16)21)17(22)20-19(3,4)5/h6-9,12H,1,10-11H2,2-5H3,(H,20,22)/b13-7+. The van der Waals surface area contributed by atoms with Gasteiger partial charge < -0.3 is 10.2 Å². The molecule has 0 saturated carbocycles. The zero-order chi connectivity index (χ0) is 17.9. The Labute approximate surface area is 148 Å². The lowest BCUT2D eigenvalue weighted by Gasteiger charge is -2.30. The van der Waals surface area contributed by atoms with E-state index in [0.717, 1.165) is 16.3 Å². The molecule has 4 nitrogen and oxygen atoms in total. The Morgan fingerprint density at radius 1 is 1.33 bits per heavy atom. The summed E-state index contributed by atoms with van der Waals surface area (Å²) < 4.78 is 0. The molecule has 0 saturated heterocycles. The summed E-state index contributed by atoms with van der Waals surface area (Å²) in [5, 5.41) is 2.95. The Bertz CT molecular complexity index is 702. The number of benzene rings is 1. The quantitative estimate of drug-likeness (QED) is 0.670. The number of nitrogens with zero attached hydrogens (tertiary/aromatic N) is 1. The molecule has 0 aromatic heterocycles. The van der Waals surface area contributed by atoms with Crippen LogP contribution in [0.5, 0.6) is 0 Å². The maximum absolute atomic E-state index is 12.7. The number of fused-ring (bicyclic) bond motifs is 1. The van der Waals surface area contributed by atoms with Crippen molar-refractivity contribution in [2.45, 2.75) is 38.1 Å². The minimum atomic E-state index is -0.307. The predicted octanol–water partition coefficient (Wildman–Crippen LogP) is 3.79. The van der Waals surface area contributed by atoms with Crippen LogP contribution in [0.15, 0.2) is 47.4 Å². The molecule has 24 heavy (non-hydrogen) atoms. The third-order valence-corrected chi connectivity index (χ3v) is 4.64. The van der Waals surface area contributed by atoms with Crippen LogP contribution >= 0.6 is 11.8 Å². The van der Waals surface area contributed by atoms with E-state index in [-0.39, 0.29) is 17.4 Å². The van der Waals surface area contributed by atoms with Gasteiger partial charge in [-0.25, -0.2) is 0 Å². The highest BCUT2D eigenvalue weighted by Crippen LogP contribution is 2.36. The lowest BCUT2D eigenvalue weighted by molar-refractivity contribution is -0.114. The molecule has 0 radical (unpaired) electrons. The van der Waals surface area contributed by atoms with Gasteiger partial charge in [0.1, 0.15) is 0 Å². The zero-order valence-corrected chi connectivity index (χ0v) is 15.5. The molecular formula is C19H24N2O2S. The number of carbonyl (C=O) groups excluding carboxylic acids is 2. The molecule has 1 N–H and O–H groups in total. The van der Waals surface area contributed by atoms with E-state index < -0.39 is 0 Å². The van der Waals surface area contributed by atoms with E-state index in [9.17, 15) is 9.59 Å². The molecule has 128 valence electrons. The summed E-state index contributed by atoms with van der Waals surface area (Å²) in [5.41, 5.74) is 1.61. The number of carbonyl (C=O) groups is 2. The summed E-state index contributed by atoms with van der Waals surface area (Å²) in [6.07, 6.45) is 3.33. The molecule has 0 bridgehead atoms. The number of allylic oxidation sites excluding steroid dienone is 1. The van der Waals surface area contributed by atoms with Gasteiger partial charge in [-0.05, 0) is 45.9 Å². The molecule has 2 rings (SSSR count). The van der Waals surface area contributed by atoms with Crippen molar-refractivity contribution in [3.63, 3.8) is 0 Å². The molecule has 0 unspecified atom stereocenters. The van der Waals surface area contributed by atoms with Gasteiger partial charge in [0, 0.05) is 33.9 Å². The van der Waals surface area contributed by atoms with E-state index in [1.165, 1.54) is 0 Å². The molecule has 1 aromatic carbocycles. The minimum absolute atomic E-state index is 0.0811. The number of rotatable bonds is 3. The predicted molar refractivity (Wildman–Crippen MR) is 101 cm³/mol. The third-order valence-electron chi connectivity index (χ3n) is 3.60. The maximum atomic E-state index is 12.7. The Balaban J connectivity index is 2.38. The van der Waals surface area contributed by atoms with E-state index in [1.54, 1.807) is 34.9 Å². The maximum Gasteiger partial charge on any atom is 0.257 e. The van der Waals surface area contributed by atoms with Crippen LogP contribution in [0.3, 0.4) is 0 Å². The Hall–Kier alpha value is -2.01. The summed E-state index contributed by atoms with van der Waals surface area (Å²) >= 11 is 1.70. The van der Waals surface area contributed by atoms with Crippen LogP contribution in [0.4, 0.5) is 5.69 Å². The number of hydrogen-bond acceptors (Lipinski definition) is 3. The van der Waals surface area contributed by atoms with Crippen LogP contribution < -0.4 is 10.2 Å². The molecule has 2 amide bonds. The molecule has 1 heterocycles. The number of anilines is 1. The smallest absolute Gasteiger partial charge is 0.257 e. The summed E-state index contributed by atoms with van der Waals surface area (Å²) in [6.45, 7) is 12.0. The average molecular weight is 344 g/mol. The van der Waals surface area contributed by atoms with Gasteiger partial charge in [0.05, 0.1) is 5.69 Å². The molecule has 1 aliphatic heterocycles. The highest BCUT2D eigenvalue weighted by Gasteiger charge is 2.26. The molecule has 1 aliphatic rings. The first kappa shape index (κ1) is 18.3. The van der Waals surface area contributed by atoms with Gasteiger partial charge in [-0.2, -0.15) is 0 Å². The second-order valence-electron chi connectivity index (χ2n) is 6.64. The second kappa shape index (κ2) is 7.26. The minimum Gasteiger partial charge on any atom is -0.347 e. The van der Waals surface area contributed by atoms with Crippen molar-refractivity contribution >= 4 is 29.3 Å². The van der Waals surface area contributed by atoms with Crippen molar-refractivity contribution in [3.05, 3.63) is 48.1 Å². The summed E-state index contributed by atoms with van der Waals surface area (Å²) in [5.74, 6) is 0.617. The van der Waals surface area contributed by atoms with E-state index in [2.05, 4.69) is 11.9 Å². The monoisotopic (exact) mass is 344 g/mol. The summed E-state index contributed by atoms with van der Waals surface area (Å²) in [6, 6.07) is 5.53. The van der Waals surface area contributed by atoms with Gasteiger partial charge in [-0.3, -0.25) is 9.59 Å². The van der Waals surface area contributed by atoms with Gasteiger partial charge in [0.15, 0.2) is 0 Å². The molecule has 0 aliphatic carbocycles. The molecule has 5 heteroatoms. The summed E-state index contributed by atoms with van der Waals surface area (Å²) in [7, 11) is 0. The van der Waals surface area contributed by atoms with Crippen LogP contribution in [-0.4, -0.2) is 29.7 Å². The molecule has 0 spiro atoms. The van der Waals surface area contributed by atoms with E-state index in [4.69, 9.17) is 0 Å². The van der Waals surface area contributed by atoms with Crippen molar-refractivity contribution in [3.8, 4) is 0 Å². The lowest BCUT2D eigenvalue weighted by Crippen LogP contribution is -2.41. The van der Waals surface area contributed by atoms with Crippen molar-refractivity contribution in [2.24, 2.45) is 0 Å². The second-order valence-corrected chi connectivity index (χ2v) is 7.78. The zero-order valence-electron chi connectivity index (χ0n) is 14.7. The number of amides is 2. The first-order valence-electron chi connectivity index (χ1n) is 7.97. The van der Waals surface area contributed by atoms with Crippen molar-refractivity contribution in [2.75, 3.05) is 17.2 Å². The first-order valence-corrected chi connectivity index (χ1v) is 8.95. The van der Waals surface area contributed by atoms with Crippen molar-refractivity contribution in [1.82, 2.24) is 5.32 Å². The van der Waals surface area contributed by atoms with Crippen molar-refractivity contribution < 1.29 is 9.59 Å². The number of hydrogen-bond donors (Lipinski definition) is 1. The third kappa shape index (κ3) is 4.09. The fraction of sp³-hybridized carbons (Fsp3) is 0.368. The average Bonchev–Trinajstić information content (AvgIpc) is 2.53. The van der Waals surface area contributed by atoms with E-state index in [1.807, 2.05) is 39.8 Å². The van der Waals surface area contributed by atoms with E-state index >= 15 is 0 Å². The first-order chi connectivity index (χ1) is 11.3. The van der Waals surface area contributed by atoms with Crippen LogP contribution in [-0.2, 0) is 4.79 Å². The number of thioether (sulfide) groups is 1. The topological polar surface area (TPSA) is 49.4 Å². The molecular weight excluding hydrogens is 320 g/mol. The van der Waals surface area contributed by atoms with Crippen LogP contribution in [0.1, 0.15) is 38.1 Å². The van der Waals surface area contributed by atoms with Crippen LogP contribution in [0.25, 0.3) is 0 Å². The van der Waals surface area contributed by atoms with Crippen LogP contribution in [0.2, 0.25) is 0 Å². The SMILES string of the molecule is C=C/C(=C\C)C(=O)N1CCSc2ccc(C(=O)NC(C)(C)C)cc21. The van der Waals surface area contributed by atoms with Crippen molar-refractivity contribution in [1.29, 1.82) is 0 Å². The lowest BCUT2D eigenvalue weighted by atomic mass is 10.1. The molecule has 0 atom stereocenters. The highest BCUT2D eigenvalue weighted by molar-refractivity contribution is 7.99. The van der Waals surface area contributed by atoms with E-state index in [0.29, 0.717) is 17.7 Å². The highest BCUT2D eigenvalue weighted by atomic mass is 32.2. The normalized spacial score (nSPS) is 14.8. The molecule has 0 fully saturated rings. The largest absolute Gasteiger partial charge is 0.347 e. The van der Waals surface area contributed by atoms with Gasteiger partial charge >= 0.3 is 0 Å². The van der Waals surface area contributed by atoms with Gasteiger partial charge in [0.2, 0.25) is 0 Å². The van der Waals surface area contributed by atoms with Gasteiger partial charge in [0.25, 0.3) is 11.8 Å². The van der Waals surface area contributed by atoms with Gasteiger partial charge in [-0.1, -0.05) is 18.7 Å². The number of nitrogens with one attached hydrogen (secondary N) is 1. The molecule has 1 aromatic rings. The Morgan fingerprint density at radius 3 is 2.62 bits per heavy atom. The fourth-order valence-electron chi connectivity index (χ4n) is 2.47. The Kier molecular flexibility index (Phi) is 5.54. The fourth-order valence-corrected chi connectivity index (χ4v) is 3.44.